The van der Waals surface area contributed by atoms with Crippen LogP contribution >= 0.6 is 12.0 Å². The zero-order chi connectivity index (χ0) is 14.2. The van der Waals surface area contributed by atoms with Crippen LogP contribution in [0.4, 0.5) is 0 Å². The van der Waals surface area contributed by atoms with Crippen LogP contribution in [0, 0.1) is 0 Å². The summed E-state index contributed by atoms with van der Waals surface area (Å²) >= 11 is 0.836. The first-order valence-electron chi connectivity index (χ1n) is 7.84. The van der Waals surface area contributed by atoms with Crippen LogP contribution in [0.25, 0.3) is 0 Å². The zero-order valence-corrected chi connectivity index (χ0v) is 13.3. The Kier molecular flexibility index (Phi) is 15.7. The Labute approximate surface area is 123 Å². The van der Waals surface area contributed by atoms with Crippen molar-refractivity contribution in [1.29, 1.82) is 0 Å². The monoisotopic (exact) mass is 289 g/mol. The van der Waals surface area contributed by atoms with E-state index < -0.39 is 0 Å². The predicted molar refractivity (Wildman–Crippen MR) is 84.6 cm³/mol. The number of carbonyl (C=O) groups excluding carboxylic acids is 1. The van der Waals surface area contributed by atoms with E-state index >= 15 is 0 Å². The second-order valence-electron chi connectivity index (χ2n) is 5.12. The normalized spacial score (nSPS) is 10.6. The van der Waals surface area contributed by atoms with Crippen LogP contribution in [0.1, 0.15) is 77.6 Å². The first kappa shape index (κ1) is 18.8. The summed E-state index contributed by atoms with van der Waals surface area (Å²) in [4.78, 5) is 11.4. The molecule has 0 heterocycles. The third-order valence-corrected chi connectivity index (χ3v) is 3.71. The minimum atomic E-state index is 0.158. The van der Waals surface area contributed by atoms with E-state index in [1.54, 1.807) is 0 Å². The third-order valence-electron chi connectivity index (χ3n) is 3.24. The van der Waals surface area contributed by atoms with Crippen molar-refractivity contribution in [2.45, 2.75) is 77.6 Å². The average Bonchev–Trinajstić information content (AvgIpc) is 2.42. The molecule has 19 heavy (non-hydrogen) atoms. The molecule has 0 aliphatic heterocycles. The number of unbranched alkanes of at least 4 members (excludes halogenated alkanes) is 8. The lowest BCUT2D eigenvalue weighted by atomic mass is 10.1. The molecule has 0 aliphatic carbocycles. The molecule has 0 aromatic heterocycles. The Bertz CT molecular complexity index is 201. The van der Waals surface area contributed by atoms with Gasteiger partial charge in [-0.25, -0.2) is 0 Å². The molecule has 1 amide bonds. The first-order chi connectivity index (χ1) is 9.31. The van der Waals surface area contributed by atoms with Gasteiger partial charge in [0.2, 0.25) is 5.91 Å². The SMILES string of the molecule is CCCCCCCCCCCC(=O)NCCCSO. The molecule has 0 saturated heterocycles. The molecule has 0 fully saturated rings. The fraction of sp³-hybridized carbons (Fsp3) is 0.933. The summed E-state index contributed by atoms with van der Waals surface area (Å²) in [6.45, 7) is 2.93. The van der Waals surface area contributed by atoms with E-state index in [0.717, 1.165) is 24.9 Å². The highest BCUT2D eigenvalue weighted by atomic mass is 32.2. The summed E-state index contributed by atoms with van der Waals surface area (Å²) in [7, 11) is 0. The van der Waals surface area contributed by atoms with E-state index in [1.807, 2.05) is 0 Å². The highest BCUT2D eigenvalue weighted by Crippen LogP contribution is 2.10. The summed E-state index contributed by atoms with van der Waals surface area (Å²) in [6.07, 6.45) is 13.0. The number of carbonyl (C=O) groups is 1. The van der Waals surface area contributed by atoms with Gasteiger partial charge in [0.25, 0.3) is 0 Å². The first-order valence-corrected chi connectivity index (χ1v) is 8.78. The molecule has 0 bridgehead atoms. The van der Waals surface area contributed by atoms with Gasteiger partial charge in [-0.3, -0.25) is 4.79 Å². The van der Waals surface area contributed by atoms with Gasteiger partial charge in [0, 0.05) is 18.7 Å². The standard InChI is InChI=1S/C15H31NO2S/c1-2-3-4-5-6-7-8-9-10-12-15(17)16-13-11-14-19-18/h18H,2-14H2,1H3,(H,16,17). The van der Waals surface area contributed by atoms with E-state index in [9.17, 15) is 4.79 Å². The minimum Gasteiger partial charge on any atom is -0.356 e. The summed E-state index contributed by atoms with van der Waals surface area (Å²) in [6, 6.07) is 0. The summed E-state index contributed by atoms with van der Waals surface area (Å²) in [5, 5.41) is 2.88. The maximum absolute atomic E-state index is 11.4. The number of rotatable bonds is 14. The number of amides is 1. The van der Waals surface area contributed by atoms with Crippen molar-refractivity contribution in [2.75, 3.05) is 12.3 Å². The van der Waals surface area contributed by atoms with Crippen LogP contribution < -0.4 is 5.32 Å². The molecule has 0 spiro atoms. The molecule has 0 aliphatic rings. The van der Waals surface area contributed by atoms with Crippen LogP contribution in [0.3, 0.4) is 0 Å². The van der Waals surface area contributed by atoms with Gasteiger partial charge in [0.15, 0.2) is 0 Å². The molecule has 0 unspecified atom stereocenters. The van der Waals surface area contributed by atoms with E-state index in [2.05, 4.69) is 12.2 Å². The number of nitrogens with one attached hydrogen (secondary N) is 1. The molecule has 3 nitrogen and oxygen atoms in total. The molecule has 0 aromatic rings. The fourth-order valence-corrected chi connectivity index (χ4v) is 2.32. The Balaban J connectivity index is 3.10. The van der Waals surface area contributed by atoms with Crippen molar-refractivity contribution >= 4 is 17.9 Å². The van der Waals surface area contributed by atoms with Crippen molar-refractivity contribution in [3.63, 3.8) is 0 Å². The average molecular weight is 289 g/mol. The second kappa shape index (κ2) is 15.8. The van der Waals surface area contributed by atoms with Crippen LogP contribution in [0.15, 0.2) is 0 Å². The maximum Gasteiger partial charge on any atom is 0.219 e. The smallest absolute Gasteiger partial charge is 0.219 e. The van der Waals surface area contributed by atoms with E-state index in [4.69, 9.17) is 4.55 Å². The van der Waals surface area contributed by atoms with Crippen molar-refractivity contribution < 1.29 is 9.35 Å². The van der Waals surface area contributed by atoms with Crippen molar-refractivity contribution in [3.05, 3.63) is 0 Å². The third kappa shape index (κ3) is 15.7. The second-order valence-corrected chi connectivity index (χ2v) is 5.78. The Hall–Kier alpha value is -0.220. The van der Waals surface area contributed by atoms with Crippen LogP contribution in [0.5, 0.6) is 0 Å². The van der Waals surface area contributed by atoms with Gasteiger partial charge in [0.1, 0.15) is 0 Å². The molecule has 4 heteroatoms. The van der Waals surface area contributed by atoms with Gasteiger partial charge in [-0.05, 0) is 24.9 Å². The lowest BCUT2D eigenvalue weighted by molar-refractivity contribution is -0.121. The lowest BCUT2D eigenvalue weighted by Gasteiger charge is -2.04. The molecule has 0 atom stereocenters. The topological polar surface area (TPSA) is 49.3 Å². The quantitative estimate of drug-likeness (QED) is 0.362. The van der Waals surface area contributed by atoms with Crippen molar-refractivity contribution in [3.8, 4) is 0 Å². The fourth-order valence-electron chi connectivity index (χ4n) is 2.05. The largest absolute Gasteiger partial charge is 0.356 e. The molecule has 114 valence electrons. The van der Waals surface area contributed by atoms with E-state index in [-0.39, 0.29) is 5.91 Å². The summed E-state index contributed by atoms with van der Waals surface area (Å²) < 4.78 is 8.53. The van der Waals surface area contributed by atoms with Gasteiger partial charge < -0.3 is 9.87 Å². The Morgan fingerprint density at radius 3 is 2.11 bits per heavy atom. The van der Waals surface area contributed by atoms with Gasteiger partial charge in [-0.15, -0.1) is 0 Å². The van der Waals surface area contributed by atoms with Gasteiger partial charge in [0.05, 0.1) is 0 Å². The van der Waals surface area contributed by atoms with Gasteiger partial charge >= 0.3 is 0 Å². The molecular formula is C15H31NO2S. The van der Waals surface area contributed by atoms with E-state index in [1.165, 1.54) is 51.4 Å². The Morgan fingerprint density at radius 2 is 1.53 bits per heavy atom. The molecular weight excluding hydrogens is 258 g/mol. The summed E-state index contributed by atoms with van der Waals surface area (Å²) in [5.74, 6) is 0.851. The van der Waals surface area contributed by atoms with Crippen molar-refractivity contribution in [1.82, 2.24) is 5.32 Å². The maximum atomic E-state index is 11.4. The highest BCUT2D eigenvalue weighted by molar-refractivity contribution is 7.93. The van der Waals surface area contributed by atoms with Crippen LogP contribution in [-0.4, -0.2) is 22.8 Å². The highest BCUT2D eigenvalue weighted by Gasteiger charge is 2.00. The zero-order valence-electron chi connectivity index (χ0n) is 12.5. The summed E-state index contributed by atoms with van der Waals surface area (Å²) in [5.41, 5.74) is 0. The van der Waals surface area contributed by atoms with E-state index in [0.29, 0.717) is 18.7 Å². The molecule has 0 rings (SSSR count). The number of hydrogen-bond donors (Lipinski definition) is 2. The lowest BCUT2D eigenvalue weighted by Crippen LogP contribution is -2.24. The Morgan fingerprint density at radius 1 is 0.947 bits per heavy atom. The van der Waals surface area contributed by atoms with Crippen LogP contribution in [-0.2, 0) is 4.79 Å². The molecule has 0 saturated carbocycles. The van der Waals surface area contributed by atoms with Crippen molar-refractivity contribution in [2.24, 2.45) is 0 Å². The molecule has 0 radical (unpaired) electrons. The van der Waals surface area contributed by atoms with Gasteiger partial charge in [-0.1, -0.05) is 58.3 Å². The van der Waals surface area contributed by atoms with Gasteiger partial charge in [-0.2, -0.15) is 0 Å². The molecule has 0 aromatic carbocycles. The minimum absolute atomic E-state index is 0.158. The van der Waals surface area contributed by atoms with Crippen LogP contribution in [0.2, 0.25) is 0 Å². The predicted octanol–water partition coefficient (Wildman–Crippen LogP) is 4.62. The number of hydrogen-bond acceptors (Lipinski definition) is 3. The molecule has 2 N–H and O–H groups in total.